The summed E-state index contributed by atoms with van der Waals surface area (Å²) in [7, 11) is 0. The predicted octanol–water partition coefficient (Wildman–Crippen LogP) is 4.74. The Labute approximate surface area is 160 Å². The van der Waals surface area contributed by atoms with E-state index in [1.165, 1.54) is 6.07 Å². The molecule has 9 heteroatoms. The van der Waals surface area contributed by atoms with Gasteiger partial charge < -0.3 is 10.1 Å². The lowest BCUT2D eigenvalue weighted by molar-refractivity contribution is -0.146. The number of para-hydroxylation sites is 1. The largest absolute Gasteiger partial charge is 0.494 e. The molecular formula is C19H22F3N5O. The number of alkyl halides is 3. The minimum Gasteiger partial charge on any atom is -0.494 e. The Bertz CT molecular complexity index is 939. The standard InChI is InChI=1S/C19H22F3N5O/c1-4-28-15-8-6-5-7-13(15)14(11-12(2)3)23-16-9-10-17-24-25-18(19(20,21)22)27(17)26-16/h5-10,12,14H,4,11H2,1-3H3,(H,23,26)/t14-/m0/s1. The number of fused-ring (bicyclic) bond motifs is 1. The second kappa shape index (κ2) is 8.04. The van der Waals surface area contributed by atoms with Gasteiger partial charge in [0.25, 0.3) is 5.82 Å². The van der Waals surface area contributed by atoms with Gasteiger partial charge in [-0.3, -0.25) is 0 Å². The zero-order valence-corrected chi connectivity index (χ0v) is 15.9. The first-order chi connectivity index (χ1) is 13.3. The average Bonchev–Trinajstić information content (AvgIpc) is 3.05. The van der Waals surface area contributed by atoms with Gasteiger partial charge in [-0.2, -0.15) is 17.7 Å². The van der Waals surface area contributed by atoms with Crippen LogP contribution in [0.2, 0.25) is 0 Å². The number of hydrogen-bond acceptors (Lipinski definition) is 5. The number of benzene rings is 1. The van der Waals surface area contributed by atoms with Gasteiger partial charge in [0.05, 0.1) is 12.6 Å². The van der Waals surface area contributed by atoms with Gasteiger partial charge in [0.2, 0.25) is 0 Å². The lowest BCUT2D eigenvalue weighted by atomic mass is 9.96. The van der Waals surface area contributed by atoms with Crippen LogP contribution in [0.5, 0.6) is 5.75 Å². The Morgan fingerprint density at radius 1 is 1.11 bits per heavy atom. The van der Waals surface area contributed by atoms with E-state index >= 15 is 0 Å². The Kier molecular flexibility index (Phi) is 5.71. The van der Waals surface area contributed by atoms with E-state index in [9.17, 15) is 13.2 Å². The van der Waals surface area contributed by atoms with E-state index in [-0.39, 0.29) is 11.7 Å². The number of halogens is 3. The molecule has 1 atom stereocenters. The van der Waals surface area contributed by atoms with Crippen molar-refractivity contribution in [1.29, 1.82) is 0 Å². The fourth-order valence-corrected chi connectivity index (χ4v) is 3.01. The molecule has 6 nitrogen and oxygen atoms in total. The molecule has 2 heterocycles. The van der Waals surface area contributed by atoms with Gasteiger partial charge in [0.1, 0.15) is 11.6 Å². The van der Waals surface area contributed by atoms with Crippen LogP contribution >= 0.6 is 0 Å². The Morgan fingerprint density at radius 3 is 2.54 bits per heavy atom. The molecule has 1 N–H and O–H groups in total. The van der Waals surface area contributed by atoms with Crippen molar-refractivity contribution in [2.75, 3.05) is 11.9 Å². The summed E-state index contributed by atoms with van der Waals surface area (Å²) in [5.74, 6) is 0.233. The first-order valence-electron chi connectivity index (χ1n) is 9.07. The number of hydrogen-bond donors (Lipinski definition) is 1. The first-order valence-corrected chi connectivity index (χ1v) is 9.07. The maximum absolute atomic E-state index is 13.1. The van der Waals surface area contributed by atoms with Gasteiger partial charge in [0.15, 0.2) is 5.65 Å². The topological polar surface area (TPSA) is 64.3 Å². The van der Waals surface area contributed by atoms with E-state index in [0.717, 1.165) is 17.7 Å². The molecule has 0 aliphatic carbocycles. The summed E-state index contributed by atoms with van der Waals surface area (Å²) in [6.07, 6.45) is -3.89. The molecule has 1 aromatic carbocycles. The molecule has 0 radical (unpaired) electrons. The molecule has 0 spiro atoms. The van der Waals surface area contributed by atoms with E-state index in [4.69, 9.17) is 4.74 Å². The number of ether oxygens (including phenoxy) is 1. The highest BCUT2D eigenvalue weighted by atomic mass is 19.4. The monoisotopic (exact) mass is 393 g/mol. The van der Waals surface area contributed by atoms with Crippen LogP contribution < -0.4 is 10.1 Å². The van der Waals surface area contributed by atoms with Crippen LogP contribution in [0.25, 0.3) is 5.65 Å². The first kappa shape index (κ1) is 19.9. The van der Waals surface area contributed by atoms with E-state index in [0.29, 0.717) is 22.9 Å². The Morgan fingerprint density at radius 2 is 1.86 bits per heavy atom. The maximum atomic E-state index is 13.1. The highest BCUT2D eigenvalue weighted by Crippen LogP contribution is 2.32. The average molecular weight is 393 g/mol. The third-order valence-electron chi connectivity index (χ3n) is 4.14. The van der Waals surface area contributed by atoms with Crippen molar-refractivity contribution in [3.8, 4) is 5.75 Å². The van der Waals surface area contributed by atoms with Crippen LogP contribution in [-0.2, 0) is 6.18 Å². The highest BCUT2D eigenvalue weighted by Gasteiger charge is 2.37. The molecule has 150 valence electrons. The summed E-state index contributed by atoms with van der Waals surface area (Å²) in [5, 5.41) is 14.1. The van der Waals surface area contributed by atoms with Gasteiger partial charge in [-0.05, 0) is 37.5 Å². The van der Waals surface area contributed by atoms with Crippen LogP contribution in [0.4, 0.5) is 19.0 Å². The summed E-state index contributed by atoms with van der Waals surface area (Å²) in [6.45, 7) is 6.58. The quantitative estimate of drug-likeness (QED) is 0.628. The van der Waals surface area contributed by atoms with Crippen molar-refractivity contribution < 1.29 is 17.9 Å². The smallest absolute Gasteiger partial charge is 0.453 e. The van der Waals surface area contributed by atoms with E-state index in [1.807, 2.05) is 31.2 Å². The molecule has 0 amide bonds. The molecule has 0 bridgehead atoms. The van der Waals surface area contributed by atoms with E-state index < -0.39 is 12.0 Å². The lowest BCUT2D eigenvalue weighted by Gasteiger charge is -2.24. The fourth-order valence-electron chi connectivity index (χ4n) is 3.01. The summed E-state index contributed by atoms with van der Waals surface area (Å²) in [4.78, 5) is 0. The molecule has 0 fully saturated rings. The van der Waals surface area contributed by atoms with Crippen LogP contribution in [0.1, 0.15) is 44.6 Å². The fraction of sp³-hybridized carbons (Fsp3) is 0.421. The van der Waals surface area contributed by atoms with Gasteiger partial charge in [-0.1, -0.05) is 32.0 Å². The van der Waals surface area contributed by atoms with Crippen molar-refractivity contribution in [2.24, 2.45) is 5.92 Å². The number of nitrogens with one attached hydrogen (secondary N) is 1. The van der Waals surface area contributed by atoms with Crippen molar-refractivity contribution in [3.63, 3.8) is 0 Å². The molecule has 28 heavy (non-hydrogen) atoms. The van der Waals surface area contributed by atoms with Crippen LogP contribution in [-0.4, -0.2) is 26.4 Å². The van der Waals surface area contributed by atoms with Crippen LogP contribution in [0, 0.1) is 5.92 Å². The summed E-state index contributed by atoms with van der Waals surface area (Å²) < 4.78 is 45.8. The summed E-state index contributed by atoms with van der Waals surface area (Å²) in [5.41, 5.74) is 0.966. The SMILES string of the molecule is CCOc1ccccc1[C@H](CC(C)C)Nc1ccc2nnc(C(F)(F)F)n2n1. The molecule has 3 aromatic rings. The van der Waals surface area contributed by atoms with Gasteiger partial charge in [0, 0.05) is 5.56 Å². The Hall–Kier alpha value is -2.84. The number of rotatable bonds is 7. The molecule has 0 unspecified atom stereocenters. The van der Waals surface area contributed by atoms with Crippen LogP contribution in [0.3, 0.4) is 0 Å². The molecule has 0 aliphatic heterocycles. The van der Waals surface area contributed by atoms with Crippen molar-refractivity contribution in [1.82, 2.24) is 19.8 Å². The minimum atomic E-state index is -4.63. The van der Waals surface area contributed by atoms with Crippen LogP contribution in [0.15, 0.2) is 36.4 Å². The molecule has 2 aromatic heterocycles. The van der Waals surface area contributed by atoms with Gasteiger partial charge in [-0.15, -0.1) is 15.3 Å². The third kappa shape index (κ3) is 4.35. The summed E-state index contributed by atoms with van der Waals surface area (Å²) >= 11 is 0. The molecule has 0 aliphatic rings. The number of nitrogens with zero attached hydrogens (tertiary/aromatic N) is 4. The van der Waals surface area contributed by atoms with Crippen molar-refractivity contribution in [3.05, 3.63) is 47.8 Å². The maximum Gasteiger partial charge on any atom is 0.453 e. The number of anilines is 1. The molecular weight excluding hydrogens is 371 g/mol. The zero-order chi connectivity index (χ0) is 20.3. The van der Waals surface area contributed by atoms with E-state index in [2.05, 4.69) is 34.5 Å². The second-order valence-electron chi connectivity index (χ2n) is 6.81. The van der Waals surface area contributed by atoms with Gasteiger partial charge in [-0.25, -0.2) is 0 Å². The van der Waals surface area contributed by atoms with E-state index in [1.54, 1.807) is 6.07 Å². The highest BCUT2D eigenvalue weighted by molar-refractivity contribution is 5.47. The number of aromatic nitrogens is 4. The molecule has 0 saturated carbocycles. The van der Waals surface area contributed by atoms with Crippen molar-refractivity contribution in [2.45, 2.75) is 39.4 Å². The normalized spacial score (nSPS) is 13.1. The van der Waals surface area contributed by atoms with Crippen molar-refractivity contribution >= 4 is 11.5 Å². The summed E-state index contributed by atoms with van der Waals surface area (Å²) in [6, 6.07) is 10.5. The lowest BCUT2D eigenvalue weighted by Crippen LogP contribution is -2.17. The molecule has 0 saturated heterocycles. The third-order valence-corrected chi connectivity index (χ3v) is 4.14. The Balaban J connectivity index is 1.98. The van der Waals surface area contributed by atoms with Gasteiger partial charge >= 0.3 is 6.18 Å². The predicted molar refractivity (Wildman–Crippen MR) is 99.2 cm³/mol. The zero-order valence-electron chi connectivity index (χ0n) is 15.9. The minimum absolute atomic E-state index is 0.0352. The molecule has 3 rings (SSSR count). The second-order valence-corrected chi connectivity index (χ2v) is 6.81.